The molecule has 5 rings (SSSR count). The van der Waals surface area contributed by atoms with Gasteiger partial charge in [-0.3, -0.25) is 4.79 Å². The van der Waals surface area contributed by atoms with Gasteiger partial charge in [-0.05, 0) is 60.5 Å². The van der Waals surface area contributed by atoms with Crippen LogP contribution in [-0.2, 0) is 29.5 Å². The van der Waals surface area contributed by atoms with E-state index in [0.717, 1.165) is 27.4 Å². The van der Waals surface area contributed by atoms with Crippen LogP contribution >= 0.6 is 11.3 Å². The minimum absolute atomic E-state index is 0.106. The molecule has 1 aliphatic heterocycles. The van der Waals surface area contributed by atoms with Crippen LogP contribution < -0.4 is 8.92 Å². The van der Waals surface area contributed by atoms with Crippen molar-refractivity contribution >= 4 is 38.3 Å². The molecule has 12 heteroatoms. The third kappa shape index (κ3) is 4.98. The summed E-state index contributed by atoms with van der Waals surface area (Å²) in [7, 11) is -4.65. The maximum atomic E-state index is 14.0. The normalized spacial score (nSPS) is 15.8. The van der Waals surface area contributed by atoms with E-state index in [1.165, 1.54) is 19.2 Å². The Morgan fingerprint density at radius 1 is 1.13 bits per heavy atom. The van der Waals surface area contributed by atoms with Crippen molar-refractivity contribution in [2.75, 3.05) is 13.7 Å². The number of para-hydroxylation sites is 1. The lowest BCUT2D eigenvalue weighted by molar-refractivity contribution is -0.0500. The van der Waals surface area contributed by atoms with Gasteiger partial charge >= 0.3 is 15.6 Å². The standard InChI is InChI=1S/C27H25F3N2O5S2/c1-3-31-16-20(19-6-4-5-7-21(19)31)26(33)32-12-10-18-11-13-38-25(18)22(32)14-17-8-9-23(24(15-17)36-2)37-39(34,35)27(28,29)30/h4-9,11,13,15-16,22H,3,10,12,14H2,1-2H3. The Morgan fingerprint density at radius 2 is 1.90 bits per heavy atom. The Labute approximate surface area is 227 Å². The zero-order chi connectivity index (χ0) is 27.9. The first-order valence-electron chi connectivity index (χ1n) is 12.2. The number of rotatable bonds is 7. The molecule has 3 heterocycles. The lowest BCUT2D eigenvalue weighted by Gasteiger charge is -2.36. The van der Waals surface area contributed by atoms with Crippen molar-refractivity contribution in [1.82, 2.24) is 9.47 Å². The van der Waals surface area contributed by atoms with Crippen LogP contribution in [0.25, 0.3) is 10.9 Å². The average Bonchev–Trinajstić information content (AvgIpc) is 3.53. The smallest absolute Gasteiger partial charge is 0.493 e. The number of methoxy groups -OCH3 is 1. The summed E-state index contributed by atoms with van der Waals surface area (Å²) in [6, 6.07) is 13.5. The number of fused-ring (bicyclic) bond motifs is 2. The highest BCUT2D eigenvalue weighted by Gasteiger charge is 2.49. The van der Waals surface area contributed by atoms with E-state index in [1.807, 2.05) is 58.3 Å². The molecule has 7 nitrogen and oxygen atoms in total. The molecular weight excluding hydrogens is 553 g/mol. The molecule has 0 aliphatic carbocycles. The summed E-state index contributed by atoms with van der Waals surface area (Å²) in [4.78, 5) is 16.9. The average molecular weight is 579 g/mol. The van der Waals surface area contributed by atoms with Crippen LogP contribution in [0.3, 0.4) is 0 Å². The topological polar surface area (TPSA) is 77.8 Å². The zero-order valence-electron chi connectivity index (χ0n) is 21.1. The number of benzene rings is 2. The molecule has 1 aliphatic rings. The molecule has 0 fully saturated rings. The third-order valence-corrected chi connectivity index (χ3v) is 8.87. The Morgan fingerprint density at radius 3 is 2.62 bits per heavy atom. The van der Waals surface area contributed by atoms with Gasteiger partial charge in [-0.25, -0.2) is 0 Å². The van der Waals surface area contributed by atoms with Gasteiger partial charge in [-0.15, -0.1) is 11.3 Å². The largest absolute Gasteiger partial charge is 0.534 e. The Hall–Kier alpha value is -3.51. The van der Waals surface area contributed by atoms with Crippen LogP contribution in [0.5, 0.6) is 11.5 Å². The van der Waals surface area contributed by atoms with Gasteiger partial charge in [0.1, 0.15) is 0 Å². The highest BCUT2D eigenvalue weighted by molar-refractivity contribution is 7.88. The van der Waals surface area contributed by atoms with Crippen LogP contribution in [0.1, 0.15) is 39.3 Å². The van der Waals surface area contributed by atoms with E-state index in [9.17, 15) is 26.4 Å². The molecule has 0 saturated heterocycles. The molecule has 0 saturated carbocycles. The number of halogens is 3. The first-order chi connectivity index (χ1) is 18.5. The second-order valence-electron chi connectivity index (χ2n) is 9.09. The summed E-state index contributed by atoms with van der Waals surface area (Å²) in [5.41, 5.74) is -2.20. The summed E-state index contributed by atoms with van der Waals surface area (Å²) >= 11 is 1.55. The number of thiophene rings is 1. The van der Waals surface area contributed by atoms with Gasteiger partial charge < -0.3 is 18.4 Å². The van der Waals surface area contributed by atoms with Crippen molar-refractivity contribution in [3.05, 3.63) is 81.7 Å². The fraction of sp³-hybridized carbons (Fsp3) is 0.296. The van der Waals surface area contributed by atoms with Crippen LogP contribution in [0.15, 0.2) is 60.1 Å². The van der Waals surface area contributed by atoms with Crippen molar-refractivity contribution < 1.29 is 35.3 Å². The second-order valence-corrected chi connectivity index (χ2v) is 11.6. The predicted octanol–water partition coefficient (Wildman–Crippen LogP) is 5.94. The SMILES string of the molecule is CCn1cc(C(=O)N2CCc3ccsc3C2Cc2ccc(OS(=O)(=O)C(F)(F)F)c(OC)c2)c2ccccc21. The zero-order valence-corrected chi connectivity index (χ0v) is 22.7. The number of hydrogen-bond acceptors (Lipinski definition) is 6. The lowest BCUT2D eigenvalue weighted by Crippen LogP contribution is -2.40. The first-order valence-corrected chi connectivity index (χ1v) is 14.5. The van der Waals surface area contributed by atoms with Crippen LogP contribution in [-0.4, -0.2) is 43.0 Å². The molecular formula is C27H25F3N2O5S2. The number of carbonyl (C=O) groups is 1. The molecule has 206 valence electrons. The number of hydrogen-bond donors (Lipinski definition) is 0. The highest BCUT2D eigenvalue weighted by atomic mass is 32.2. The molecule has 39 heavy (non-hydrogen) atoms. The number of ether oxygens (including phenoxy) is 1. The molecule has 0 N–H and O–H groups in total. The highest BCUT2D eigenvalue weighted by Crippen LogP contribution is 2.40. The van der Waals surface area contributed by atoms with Crippen molar-refractivity contribution in [1.29, 1.82) is 0 Å². The molecule has 2 aromatic carbocycles. The first kappa shape index (κ1) is 27.1. The lowest BCUT2D eigenvalue weighted by atomic mass is 9.94. The van der Waals surface area contributed by atoms with Gasteiger partial charge in [-0.2, -0.15) is 21.6 Å². The molecule has 4 aromatic rings. The third-order valence-electron chi connectivity index (χ3n) is 6.84. The van der Waals surface area contributed by atoms with E-state index in [-0.39, 0.29) is 17.7 Å². The summed E-state index contributed by atoms with van der Waals surface area (Å²) in [6.45, 7) is 3.23. The number of alkyl halides is 3. The van der Waals surface area contributed by atoms with Crippen LogP contribution in [0.2, 0.25) is 0 Å². The van der Waals surface area contributed by atoms with Crippen molar-refractivity contribution in [3.8, 4) is 11.5 Å². The maximum Gasteiger partial charge on any atom is 0.534 e. The Kier molecular flexibility index (Phi) is 7.10. The van der Waals surface area contributed by atoms with E-state index < -0.39 is 21.4 Å². The van der Waals surface area contributed by atoms with Crippen LogP contribution in [0.4, 0.5) is 13.2 Å². The fourth-order valence-corrected chi connectivity index (χ4v) is 6.50. The van der Waals surface area contributed by atoms with Gasteiger partial charge in [0, 0.05) is 35.1 Å². The minimum Gasteiger partial charge on any atom is -0.493 e. The van der Waals surface area contributed by atoms with Crippen molar-refractivity contribution in [3.63, 3.8) is 0 Å². The summed E-state index contributed by atoms with van der Waals surface area (Å²) in [5, 5.41) is 2.85. The van der Waals surface area contributed by atoms with Gasteiger partial charge in [-0.1, -0.05) is 24.3 Å². The molecule has 1 atom stereocenters. The van der Waals surface area contributed by atoms with Crippen LogP contribution in [0, 0.1) is 0 Å². The van der Waals surface area contributed by atoms with E-state index in [0.29, 0.717) is 37.1 Å². The van der Waals surface area contributed by atoms with Crippen molar-refractivity contribution in [2.45, 2.75) is 37.9 Å². The molecule has 0 bridgehead atoms. The van der Waals surface area contributed by atoms with E-state index in [4.69, 9.17) is 4.74 Å². The van der Waals surface area contributed by atoms with Gasteiger partial charge in [0.25, 0.3) is 5.91 Å². The Balaban J connectivity index is 1.49. The van der Waals surface area contributed by atoms with E-state index in [1.54, 1.807) is 11.3 Å². The van der Waals surface area contributed by atoms with E-state index in [2.05, 4.69) is 4.18 Å². The summed E-state index contributed by atoms with van der Waals surface area (Å²) in [6.07, 6.45) is 2.93. The summed E-state index contributed by atoms with van der Waals surface area (Å²) in [5.74, 6) is -0.837. The molecule has 0 radical (unpaired) electrons. The van der Waals surface area contributed by atoms with Gasteiger partial charge in [0.2, 0.25) is 0 Å². The molecule has 2 aromatic heterocycles. The number of nitrogens with zero attached hydrogens (tertiary/aromatic N) is 2. The quantitative estimate of drug-likeness (QED) is 0.200. The van der Waals surface area contributed by atoms with Crippen molar-refractivity contribution in [2.24, 2.45) is 0 Å². The van der Waals surface area contributed by atoms with Gasteiger partial charge in [0.15, 0.2) is 11.5 Å². The minimum atomic E-state index is -5.86. The molecule has 0 spiro atoms. The maximum absolute atomic E-state index is 14.0. The fourth-order valence-electron chi connectivity index (χ4n) is 4.96. The monoisotopic (exact) mass is 578 g/mol. The second kappa shape index (κ2) is 10.2. The summed E-state index contributed by atoms with van der Waals surface area (Å²) < 4.78 is 73.1. The molecule has 1 amide bonds. The Bertz CT molecular complexity index is 1640. The van der Waals surface area contributed by atoms with E-state index >= 15 is 0 Å². The number of aryl methyl sites for hydroxylation is 1. The molecule has 1 unspecified atom stereocenters. The number of carbonyl (C=O) groups excluding carboxylic acids is 1. The number of amides is 1. The predicted molar refractivity (Wildman–Crippen MR) is 142 cm³/mol. The number of aromatic nitrogens is 1. The van der Waals surface area contributed by atoms with Gasteiger partial charge in [0.05, 0.1) is 18.7 Å².